The lowest BCUT2D eigenvalue weighted by Crippen LogP contribution is -2.30. The van der Waals surface area contributed by atoms with Crippen LogP contribution in [-0.2, 0) is 11.2 Å². The van der Waals surface area contributed by atoms with Gasteiger partial charge in [-0.25, -0.2) is 0 Å². The third-order valence-electron chi connectivity index (χ3n) is 5.65. The normalized spacial score (nSPS) is 14.7. The number of carbonyl (C=O) groups is 1. The van der Waals surface area contributed by atoms with E-state index in [1.54, 1.807) is 18.4 Å². The van der Waals surface area contributed by atoms with Crippen LogP contribution in [0.25, 0.3) is 5.70 Å². The van der Waals surface area contributed by atoms with Gasteiger partial charge < -0.3 is 10.6 Å². The van der Waals surface area contributed by atoms with Crippen molar-refractivity contribution in [3.05, 3.63) is 120 Å². The fourth-order valence-corrected chi connectivity index (χ4v) is 4.14. The van der Waals surface area contributed by atoms with E-state index in [-0.39, 0.29) is 11.8 Å². The number of nitrogens with zero attached hydrogens (tertiary/aromatic N) is 1. The van der Waals surface area contributed by atoms with Crippen LogP contribution in [0.15, 0.2) is 97.5 Å². The van der Waals surface area contributed by atoms with E-state index in [0.717, 1.165) is 45.0 Å². The molecule has 0 aromatic heterocycles. The molecule has 4 nitrogen and oxygen atoms in total. The van der Waals surface area contributed by atoms with Crippen LogP contribution in [-0.4, -0.2) is 18.0 Å². The Labute approximate surface area is 212 Å². The van der Waals surface area contributed by atoms with Crippen LogP contribution in [0.1, 0.15) is 22.3 Å². The number of ketones is 1. The average molecular weight is 484 g/mol. The molecule has 3 aromatic rings. The van der Waals surface area contributed by atoms with Crippen molar-refractivity contribution in [3.63, 3.8) is 0 Å². The lowest BCUT2D eigenvalue weighted by molar-refractivity contribution is -0.115. The smallest absolute Gasteiger partial charge is 0.180 e. The Balaban J connectivity index is 0.00000167. The summed E-state index contributed by atoms with van der Waals surface area (Å²) in [5, 5.41) is 7.64. The predicted molar refractivity (Wildman–Crippen MR) is 150 cm³/mol. The van der Waals surface area contributed by atoms with Gasteiger partial charge in [0.15, 0.2) is 5.78 Å². The van der Waals surface area contributed by atoms with Crippen LogP contribution in [0.5, 0.6) is 0 Å². The van der Waals surface area contributed by atoms with Gasteiger partial charge in [0.25, 0.3) is 0 Å². The molecule has 35 heavy (non-hydrogen) atoms. The Morgan fingerprint density at radius 1 is 1.06 bits per heavy atom. The van der Waals surface area contributed by atoms with Crippen LogP contribution in [0.3, 0.4) is 0 Å². The fourth-order valence-electron chi connectivity index (χ4n) is 3.92. The molecular weight excluding hydrogens is 454 g/mol. The maximum Gasteiger partial charge on any atom is 0.180 e. The summed E-state index contributed by atoms with van der Waals surface area (Å²) in [6, 6.07) is 19.5. The number of anilines is 2. The molecule has 0 saturated heterocycles. The van der Waals surface area contributed by atoms with Crippen LogP contribution >= 0.6 is 11.6 Å². The number of aryl methyl sites for hydroxylation is 1. The van der Waals surface area contributed by atoms with Crippen molar-refractivity contribution in [2.24, 2.45) is 4.99 Å². The molecule has 5 heteroatoms. The van der Waals surface area contributed by atoms with E-state index in [9.17, 15) is 4.79 Å². The summed E-state index contributed by atoms with van der Waals surface area (Å²) in [6.07, 6.45) is 5.62. The summed E-state index contributed by atoms with van der Waals surface area (Å²) in [4.78, 5) is 17.2. The number of aliphatic imine (C=N–C) groups is 1. The van der Waals surface area contributed by atoms with Gasteiger partial charge in [0, 0.05) is 46.4 Å². The van der Waals surface area contributed by atoms with E-state index in [2.05, 4.69) is 54.4 Å². The fraction of sp³-hybridized carbons (Fsp3) is 0.133. The van der Waals surface area contributed by atoms with Crippen molar-refractivity contribution in [1.82, 2.24) is 5.32 Å². The third-order valence-corrected chi connectivity index (χ3v) is 5.88. The number of allylic oxidation sites excluding steroid dienone is 1. The van der Waals surface area contributed by atoms with Gasteiger partial charge in [0.05, 0.1) is 11.7 Å². The van der Waals surface area contributed by atoms with Gasteiger partial charge >= 0.3 is 0 Å². The predicted octanol–water partition coefficient (Wildman–Crippen LogP) is 7.52. The van der Waals surface area contributed by atoms with Gasteiger partial charge in [-0.3, -0.25) is 9.79 Å². The highest BCUT2D eigenvalue weighted by Crippen LogP contribution is 2.33. The standard InChI is InChI=1S/C28H26ClN3O.C2H4/c1-4-13-30-23-9-6-10-24(19(23)3)31-25-14-18(2)11-12-22(25)26-17-28(33)27(32-26)16-20-7-5-8-21(29)15-20;1-2/h4-15,17,27,31-32H,1,16H2,2-3H3;1-2H2. The summed E-state index contributed by atoms with van der Waals surface area (Å²) in [5.41, 5.74) is 7.71. The molecular formula is C30H30ClN3O. The molecule has 1 unspecified atom stereocenters. The Kier molecular flexibility index (Phi) is 8.82. The van der Waals surface area contributed by atoms with Crippen molar-refractivity contribution < 1.29 is 4.79 Å². The van der Waals surface area contributed by atoms with E-state index in [1.807, 2.05) is 55.5 Å². The molecule has 178 valence electrons. The summed E-state index contributed by atoms with van der Waals surface area (Å²) in [6.45, 7) is 13.8. The molecule has 0 bridgehead atoms. The number of carbonyl (C=O) groups excluding carboxylic acids is 1. The first-order chi connectivity index (χ1) is 16.9. The Morgan fingerprint density at radius 2 is 1.83 bits per heavy atom. The highest BCUT2D eigenvalue weighted by Gasteiger charge is 2.26. The van der Waals surface area contributed by atoms with Crippen molar-refractivity contribution in [1.29, 1.82) is 0 Å². The van der Waals surface area contributed by atoms with Crippen molar-refractivity contribution in [2.75, 3.05) is 5.32 Å². The zero-order valence-electron chi connectivity index (χ0n) is 20.1. The topological polar surface area (TPSA) is 53.5 Å². The zero-order valence-corrected chi connectivity index (χ0v) is 20.9. The Hall–Kier alpha value is -3.89. The van der Waals surface area contributed by atoms with Crippen molar-refractivity contribution in [2.45, 2.75) is 26.3 Å². The minimum atomic E-state index is -0.314. The highest BCUT2D eigenvalue weighted by molar-refractivity contribution is 6.30. The van der Waals surface area contributed by atoms with Crippen LogP contribution in [0, 0.1) is 13.8 Å². The number of hydrogen-bond donors (Lipinski definition) is 2. The van der Waals surface area contributed by atoms with E-state index in [4.69, 9.17) is 11.6 Å². The second-order valence-electron chi connectivity index (χ2n) is 8.13. The number of hydrogen-bond acceptors (Lipinski definition) is 4. The minimum absolute atomic E-state index is 0.0634. The molecule has 2 N–H and O–H groups in total. The molecule has 0 fully saturated rings. The average Bonchev–Trinajstić information content (AvgIpc) is 3.20. The lowest BCUT2D eigenvalue weighted by Gasteiger charge is -2.18. The third kappa shape index (κ3) is 6.37. The van der Waals surface area contributed by atoms with Crippen molar-refractivity contribution in [3.8, 4) is 0 Å². The first-order valence-electron chi connectivity index (χ1n) is 11.3. The number of nitrogens with one attached hydrogen (secondary N) is 2. The summed E-state index contributed by atoms with van der Waals surface area (Å²) < 4.78 is 0. The first kappa shape index (κ1) is 25.7. The Bertz CT molecular complexity index is 1290. The van der Waals surface area contributed by atoms with Gasteiger partial charge in [-0.05, 0) is 60.9 Å². The quantitative estimate of drug-likeness (QED) is 0.270. The number of benzene rings is 3. The highest BCUT2D eigenvalue weighted by atomic mass is 35.5. The van der Waals surface area contributed by atoms with Gasteiger partial charge in [-0.2, -0.15) is 0 Å². The molecule has 0 radical (unpaired) electrons. The van der Waals surface area contributed by atoms with E-state index < -0.39 is 0 Å². The minimum Gasteiger partial charge on any atom is -0.374 e. The van der Waals surface area contributed by atoms with E-state index >= 15 is 0 Å². The summed E-state index contributed by atoms with van der Waals surface area (Å²) in [5.74, 6) is 0.0634. The van der Waals surface area contributed by atoms with Crippen LogP contribution in [0.4, 0.5) is 17.1 Å². The van der Waals surface area contributed by atoms with Crippen LogP contribution < -0.4 is 10.6 Å². The molecule has 1 aliphatic rings. The first-order valence-corrected chi connectivity index (χ1v) is 11.7. The van der Waals surface area contributed by atoms with Gasteiger partial charge in [-0.1, -0.05) is 54.6 Å². The molecule has 4 rings (SSSR count). The second kappa shape index (κ2) is 12.0. The molecule has 1 aliphatic heterocycles. The second-order valence-corrected chi connectivity index (χ2v) is 8.57. The molecule has 1 atom stereocenters. The number of halogens is 1. The SMILES string of the molecule is C=C.C=CC=Nc1cccc(Nc2cc(C)ccc2C2=CC(=O)C(Cc3cccc(Cl)c3)N2)c1C. The van der Waals surface area contributed by atoms with E-state index in [1.165, 1.54) is 0 Å². The molecule has 0 spiro atoms. The van der Waals surface area contributed by atoms with E-state index in [0.29, 0.717) is 11.4 Å². The van der Waals surface area contributed by atoms with Gasteiger partial charge in [0.1, 0.15) is 0 Å². The maximum absolute atomic E-state index is 12.8. The molecule has 0 saturated carbocycles. The molecule has 1 heterocycles. The van der Waals surface area contributed by atoms with Crippen LogP contribution in [0.2, 0.25) is 5.02 Å². The maximum atomic E-state index is 12.8. The largest absolute Gasteiger partial charge is 0.374 e. The van der Waals surface area contributed by atoms with Gasteiger partial charge in [0.2, 0.25) is 0 Å². The van der Waals surface area contributed by atoms with Gasteiger partial charge in [-0.15, -0.1) is 13.2 Å². The summed E-state index contributed by atoms with van der Waals surface area (Å²) >= 11 is 6.12. The monoisotopic (exact) mass is 483 g/mol. The van der Waals surface area contributed by atoms with Crippen molar-refractivity contribution >= 4 is 46.4 Å². The zero-order chi connectivity index (χ0) is 25.4. The Morgan fingerprint density at radius 3 is 2.57 bits per heavy atom. The lowest BCUT2D eigenvalue weighted by atomic mass is 10.0. The molecule has 0 aliphatic carbocycles. The molecule has 0 amide bonds. The number of rotatable bonds is 7. The summed E-state index contributed by atoms with van der Waals surface area (Å²) in [7, 11) is 0. The molecule has 3 aromatic carbocycles.